The number of hydrogen-bond donors (Lipinski definition) is 2. The van der Waals surface area contributed by atoms with Crippen molar-refractivity contribution in [3.05, 3.63) is 18.2 Å². The molecule has 0 bridgehead atoms. The molecule has 0 saturated carbocycles. The van der Waals surface area contributed by atoms with Crippen LogP contribution < -0.4 is 15.8 Å². The van der Waals surface area contributed by atoms with E-state index in [1.165, 1.54) is 0 Å². The van der Waals surface area contributed by atoms with Crippen LogP contribution in [0, 0.1) is 0 Å². The first-order valence-electron chi connectivity index (χ1n) is 5.08. The van der Waals surface area contributed by atoms with E-state index < -0.39 is 6.10 Å². The molecule has 0 aliphatic carbocycles. The van der Waals surface area contributed by atoms with Gasteiger partial charge in [-0.2, -0.15) is 0 Å². The molecule has 1 aromatic carbocycles. The first-order valence-corrected chi connectivity index (χ1v) is 5.08. The van der Waals surface area contributed by atoms with Crippen molar-refractivity contribution in [1.82, 2.24) is 0 Å². The van der Waals surface area contributed by atoms with Gasteiger partial charge in [-0.1, -0.05) is 19.4 Å². The highest BCUT2D eigenvalue weighted by Gasteiger charge is 2.27. The zero-order chi connectivity index (χ0) is 10.8. The van der Waals surface area contributed by atoms with Gasteiger partial charge in [0, 0.05) is 0 Å². The molecule has 1 aromatic rings. The summed E-state index contributed by atoms with van der Waals surface area (Å²) in [5.41, 5.74) is 6.99. The third-order valence-corrected chi connectivity index (χ3v) is 2.41. The second kappa shape index (κ2) is 3.81. The Balaban J connectivity index is 2.30. The summed E-state index contributed by atoms with van der Waals surface area (Å²) in [6.45, 7) is 2.01. The fourth-order valence-electron chi connectivity index (χ4n) is 1.65. The van der Waals surface area contributed by atoms with Gasteiger partial charge in [-0.25, -0.2) is 0 Å². The Morgan fingerprint density at radius 2 is 2.33 bits per heavy atom. The van der Waals surface area contributed by atoms with Gasteiger partial charge >= 0.3 is 0 Å². The molecule has 15 heavy (non-hydrogen) atoms. The molecule has 0 saturated heterocycles. The van der Waals surface area contributed by atoms with E-state index in [2.05, 4.69) is 5.32 Å². The van der Waals surface area contributed by atoms with Gasteiger partial charge in [0.1, 0.15) is 0 Å². The number of carbonyl (C=O) groups excluding carboxylic acids is 1. The first kappa shape index (κ1) is 9.83. The first-order chi connectivity index (χ1) is 7.22. The summed E-state index contributed by atoms with van der Waals surface area (Å²) in [6, 6.07) is 5.34. The number of rotatable bonds is 2. The van der Waals surface area contributed by atoms with E-state index in [0.29, 0.717) is 23.5 Å². The topological polar surface area (TPSA) is 64.3 Å². The quantitative estimate of drug-likeness (QED) is 0.725. The Morgan fingerprint density at radius 3 is 3.07 bits per heavy atom. The molecule has 0 spiro atoms. The fraction of sp³-hybridized carbons (Fsp3) is 0.364. The van der Waals surface area contributed by atoms with Crippen molar-refractivity contribution in [3.8, 4) is 5.75 Å². The maximum absolute atomic E-state index is 11.6. The van der Waals surface area contributed by atoms with Crippen LogP contribution in [-0.4, -0.2) is 12.0 Å². The van der Waals surface area contributed by atoms with Gasteiger partial charge < -0.3 is 15.8 Å². The molecule has 1 unspecified atom stereocenters. The normalized spacial score (nSPS) is 19.0. The maximum Gasteiger partial charge on any atom is 0.265 e. The van der Waals surface area contributed by atoms with Gasteiger partial charge in [0.2, 0.25) is 0 Å². The number of nitrogens with two attached hydrogens (primary N) is 1. The Hall–Kier alpha value is -1.71. The molecule has 1 aliphatic rings. The number of nitrogen functional groups attached to an aromatic ring is 1. The van der Waals surface area contributed by atoms with Crippen molar-refractivity contribution in [3.63, 3.8) is 0 Å². The Morgan fingerprint density at radius 1 is 1.53 bits per heavy atom. The lowest BCUT2D eigenvalue weighted by atomic mass is 10.1. The minimum Gasteiger partial charge on any atom is -0.476 e. The zero-order valence-corrected chi connectivity index (χ0v) is 8.62. The smallest absolute Gasteiger partial charge is 0.265 e. The summed E-state index contributed by atoms with van der Waals surface area (Å²) < 4.78 is 5.58. The molecule has 2 rings (SSSR count). The Labute approximate surface area is 88.4 Å². The maximum atomic E-state index is 11.6. The standard InChI is InChI=1S/C11H14N2O2/c1-2-4-9-11(14)13-8-6-3-5-7(12)10(8)15-9/h3,5-6,9H,2,4,12H2,1H3,(H,13,14). The molecular formula is C11H14N2O2. The minimum atomic E-state index is -0.410. The highest BCUT2D eigenvalue weighted by molar-refractivity contribution is 5.99. The predicted octanol–water partition coefficient (Wildman–Crippen LogP) is 1.77. The SMILES string of the molecule is CCCC1Oc2c(N)cccc2NC1=O. The van der Waals surface area contributed by atoms with Crippen molar-refractivity contribution in [1.29, 1.82) is 0 Å². The van der Waals surface area contributed by atoms with E-state index in [0.717, 1.165) is 6.42 Å². The lowest BCUT2D eigenvalue weighted by Crippen LogP contribution is -2.37. The number of fused-ring (bicyclic) bond motifs is 1. The van der Waals surface area contributed by atoms with Crippen LogP contribution in [0.3, 0.4) is 0 Å². The molecule has 1 heterocycles. The van der Waals surface area contributed by atoms with Crippen molar-refractivity contribution in [2.45, 2.75) is 25.9 Å². The minimum absolute atomic E-state index is 0.0880. The van der Waals surface area contributed by atoms with Crippen LogP contribution in [0.25, 0.3) is 0 Å². The monoisotopic (exact) mass is 206 g/mol. The van der Waals surface area contributed by atoms with Crippen molar-refractivity contribution >= 4 is 17.3 Å². The summed E-state index contributed by atoms with van der Waals surface area (Å²) in [6.07, 6.45) is 1.20. The fourth-order valence-corrected chi connectivity index (χ4v) is 1.65. The van der Waals surface area contributed by atoms with Crippen molar-refractivity contribution in [2.24, 2.45) is 0 Å². The van der Waals surface area contributed by atoms with Gasteiger partial charge in [0.15, 0.2) is 11.9 Å². The van der Waals surface area contributed by atoms with E-state index in [-0.39, 0.29) is 5.91 Å². The molecule has 0 radical (unpaired) electrons. The summed E-state index contributed by atoms with van der Waals surface area (Å²) in [5.74, 6) is 0.505. The van der Waals surface area contributed by atoms with Crippen LogP contribution in [0.2, 0.25) is 0 Å². The zero-order valence-electron chi connectivity index (χ0n) is 8.62. The largest absolute Gasteiger partial charge is 0.476 e. The van der Waals surface area contributed by atoms with Crippen LogP contribution in [0.1, 0.15) is 19.8 Å². The highest BCUT2D eigenvalue weighted by atomic mass is 16.5. The number of carbonyl (C=O) groups is 1. The number of hydrogen-bond acceptors (Lipinski definition) is 3. The molecule has 1 atom stereocenters. The van der Waals surface area contributed by atoms with E-state index >= 15 is 0 Å². The predicted molar refractivity (Wildman–Crippen MR) is 58.8 cm³/mol. The summed E-state index contributed by atoms with van der Waals surface area (Å²) >= 11 is 0. The number of benzene rings is 1. The number of ether oxygens (including phenoxy) is 1. The molecule has 1 aliphatic heterocycles. The molecule has 0 fully saturated rings. The third-order valence-electron chi connectivity index (χ3n) is 2.41. The average molecular weight is 206 g/mol. The molecule has 1 amide bonds. The van der Waals surface area contributed by atoms with Crippen molar-refractivity contribution < 1.29 is 9.53 Å². The van der Waals surface area contributed by atoms with Crippen LogP contribution in [-0.2, 0) is 4.79 Å². The van der Waals surface area contributed by atoms with Gasteiger partial charge in [-0.05, 0) is 18.6 Å². The number of amides is 1. The molecule has 4 heteroatoms. The number of nitrogens with one attached hydrogen (secondary N) is 1. The summed E-state index contributed by atoms with van der Waals surface area (Å²) in [5, 5.41) is 2.79. The summed E-state index contributed by atoms with van der Waals surface area (Å²) in [4.78, 5) is 11.6. The molecule has 4 nitrogen and oxygen atoms in total. The van der Waals surface area contributed by atoms with Gasteiger partial charge in [-0.15, -0.1) is 0 Å². The Bertz CT molecular complexity index is 390. The lowest BCUT2D eigenvalue weighted by molar-refractivity contribution is -0.123. The molecular weight excluding hydrogens is 192 g/mol. The second-order valence-corrected chi connectivity index (χ2v) is 3.61. The molecule has 0 aromatic heterocycles. The van der Waals surface area contributed by atoms with Crippen LogP contribution in [0.4, 0.5) is 11.4 Å². The van der Waals surface area contributed by atoms with Crippen LogP contribution in [0.15, 0.2) is 18.2 Å². The van der Waals surface area contributed by atoms with Gasteiger partial charge in [0.05, 0.1) is 11.4 Å². The Kier molecular flexibility index (Phi) is 2.49. The third kappa shape index (κ3) is 1.75. The number of anilines is 2. The van der Waals surface area contributed by atoms with Crippen molar-refractivity contribution in [2.75, 3.05) is 11.1 Å². The van der Waals surface area contributed by atoms with E-state index in [1.807, 2.05) is 6.92 Å². The second-order valence-electron chi connectivity index (χ2n) is 3.61. The highest BCUT2D eigenvalue weighted by Crippen LogP contribution is 2.35. The average Bonchev–Trinajstić information content (AvgIpc) is 2.21. The van der Waals surface area contributed by atoms with E-state index in [1.54, 1.807) is 18.2 Å². The van der Waals surface area contributed by atoms with Gasteiger partial charge in [0.25, 0.3) is 5.91 Å². The van der Waals surface area contributed by atoms with Crippen LogP contribution >= 0.6 is 0 Å². The summed E-state index contributed by atoms with van der Waals surface area (Å²) in [7, 11) is 0. The van der Waals surface area contributed by atoms with E-state index in [4.69, 9.17) is 10.5 Å². The molecule has 80 valence electrons. The number of para-hydroxylation sites is 1. The molecule has 3 N–H and O–H groups in total. The van der Waals surface area contributed by atoms with Crippen LogP contribution in [0.5, 0.6) is 5.75 Å². The lowest BCUT2D eigenvalue weighted by Gasteiger charge is -2.26. The van der Waals surface area contributed by atoms with E-state index in [9.17, 15) is 4.79 Å². The van der Waals surface area contributed by atoms with Gasteiger partial charge in [-0.3, -0.25) is 4.79 Å².